The highest BCUT2D eigenvalue weighted by molar-refractivity contribution is 5.83. The van der Waals surface area contributed by atoms with E-state index in [1.165, 1.54) is 218 Å². The topological polar surface area (TPSA) is 61.8 Å². The van der Waals surface area contributed by atoms with Crippen molar-refractivity contribution in [3.8, 4) is 0 Å². The molecule has 2 bridgehead atoms. The standard InChI is InChI=1S/C50H94O5/c1-3-5-7-9-11-13-15-17-19-21-23-25-27-29-31-33-35-37-39-41-53-49(51)46-43-45-44-47(55-45)48(46)50(52)54-42-40-38-36-34-32-30-28-26-24-22-20-18-16-14-12-10-8-6-4-2/h45-48H,3-44H2,1-2H3. The molecule has 0 spiro atoms. The Morgan fingerprint density at radius 1 is 0.382 bits per heavy atom. The van der Waals surface area contributed by atoms with Crippen LogP contribution in [0.5, 0.6) is 0 Å². The zero-order valence-corrected chi connectivity index (χ0v) is 37.0. The van der Waals surface area contributed by atoms with E-state index in [1.54, 1.807) is 0 Å². The van der Waals surface area contributed by atoms with E-state index in [1.807, 2.05) is 0 Å². The maximum absolute atomic E-state index is 13.1. The van der Waals surface area contributed by atoms with Crippen molar-refractivity contribution in [1.29, 1.82) is 0 Å². The zero-order chi connectivity index (χ0) is 39.3. The largest absolute Gasteiger partial charge is 0.465 e. The summed E-state index contributed by atoms with van der Waals surface area (Å²) in [4.78, 5) is 26.1. The predicted octanol–water partition coefficient (Wildman–Crippen LogP) is 15.7. The third-order valence-electron chi connectivity index (χ3n) is 12.8. The Balaban J connectivity index is 1.35. The van der Waals surface area contributed by atoms with E-state index in [-0.39, 0.29) is 24.1 Å². The average molecular weight is 775 g/mol. The SMILES string of the molecule is CCCCCCCCCCCCCCCCCCCCCOC(=O)C1CC2CC(O2)C1C(=O)OCCCCCCCCCCCCCCCCCCCCC. The lowest BCUT2D eigenvalue weighted by Crippen LogP contribution is -2.57. The van der Waals surface area contributed by atoms with E-state index in [0.717, 1.165) is 32.1 Å². The highest BCUT2D eigenvalue weighted by Gasteiger charge is 2.54. The summed E-state index contributed by atoms with van der Waals surface area (Å²) in [6, 6.07) is 0. The molecule has 3 aliphatic rings. The quantitative estimate of drug-likeness (QED) is 0.0456. The summed E-state index contributed by atoms with van der Waals surface area (Å²) < 4.78 is 17.3. The monoisotopic (exact) mass is 775 g/mol. The van der Waals surface area contributed by atoms with E-state index in [2.05, 4.69) is 13.8 Å². The number of hydrogen-bond acceptors (Lipinski definition) is 5. The average Bonchev–Trinajstić information content (AvgIpc) is 3.18. The second-order valence-electron chi connectivity index (χ2n) is 18.0. The minimum absolute atomic E-state index is 0.0984. The molecule has 1 saturated carbocycles. The van der Waals surface area contributed by atoms with Crippen LogP contribution in [0.2, 0.25) is 0 Å². The zero-order valence-electron chi connectivity index (χ0n) is 37.0. The van der Waals surface area contributed by atoms with Gasteiger partial charge in [-0.25, -0.2) is 0 Å². The Morgan fingerprint density at radius 2 is 0.636 bits per heavy atom. The molecule has 3 fully saturated rings. The molecule has 5 heteroatoms. The lowest BCUT2D eigenvalue weighted by atomic mass is 9.72. The van der Waals surface area contributed by atoms with Crippen LogP contribution < -0.4 is 0 Å². The summed E-state index contributed by atoms with van der Waals surface area (Å²) in [5.74, 6) is -1.37. The van der Waals surface area contributed by atoms with Crippen molar-refractivity contribution in [1.82, 2.24) is 0 Å². The predicted molar refractivity (Wildman–Crippen MR) is 234 cm³/mol. The van der Waals surface area contributed by atoms with Gasteiger partial charge in [0, 0.05) is 6.42 Å². The Bertz CT molecular complexity index is 853. The van der Waals surface area contributed by atoms with E-state index >= 15 is 0 Å². The van der Waals surface area contributed by atoms with Crippen LogP contribution in [0.15, 0.2) is 0 Å². The number of carbonyl (C=O) groups excluding carboxylic acids is 2. The van der Waals surface area contributed by atoms with Crippen LogP contribution in [0.3, 0.4) is 0 Å². The summed E-state index contributed by atoms with van der Waals surface area (Å²) in [7, 11) is 0. The molecule has 5 nitrogen and oxygen atoms in total. The molecule has 324 valence electrons. The summed E-state index contributed by atoms with van der Waals surface area (Å²) >= 11 is 0. The van der Waals surface area contributed by atoms with Crippen molar-refractivity contribution in [2.45, 2.75) is 283 Å². The first-order valence-corrected chi connectivity index (χ1v) is 25.2. The highest BCUT2D eigenvalue weighted by Crippen LogP contribution is 2.44. The molecule has 0 amide bonds. The fraction of sp³-hybridized carbons (Fsp3) is 0.960. The molecule has 0 aromatic heterocycles. The van der Waals surface area contributed by atoms with Crippen molar-refractivity contribution >= 4 is 11.9 Å². The van der Waals surface area contributed by atoms with Crippen LogP contribution >= 0.6 is 0 Å². The molecule has 0 aromatic rings. The van der Waals surface area contributed by atoms with E-state index in [9.17, 15) is 9.59 Å². The number of carbonyl (C=O) groups is 2. The maximum Gasteiger partial charge on any atom is 0.312 e. The molecule has 4 unspecified atom stereocenters. The molecule has 2 saturated heterocycles. The van der Waals surface area contributed by atoms with Gasteiger partial charge in [-0.05, 0) is 19.3 Å². The number of hydrogen-bond donors (Lipinski definition) is 0. The Morgan fingerprint density at radius 3 is 0.927 bits per heavy atom. The highest BCUT2D eigenvalue weighted by atomic mass is 16.6. The van der Waals surface area contributed by atoms with E-state index < -0.39 is 11.8 Å². The Hall–Kier alpha value is -1.10. The van der Waals surface area contributed by atoms with E-state index in [0.29, 0.717) is 19.6 Å². The van der Waals surface area contributed by atoms with Gasteiger partial charge in [-0.3, -0.25) is 9.59 Å². The number of unbranched alkanes of at least 4 members (excludes halogenated alkanes) is 36. The Kier molecular flexibility index (Phi) is 33.8. The minimum atomic E-state index is -0.497. The van der Waals surface area contributed by atoms with Gasteiger partial charge < -0.3 is 14.2 Å². The second-order valence-corrected chi connectivity index (χ2v) is 18.0. The van der Waals surface area contributed by atoms with Crippen molar-refractivity contribution < 1.29 is 23.8 Å². The first-order chi connectivity index (χ1) is 27.2. The summed E-state index contributed by atoms with van der Waals surface area (Å²) in [6.45, 7) is 5.50. The van der Waals surface area contributed by atoms with Gasteiger partial charge in [0.05, 0.1) is 37.3 Å². The van der Waals surface area contributed by atoms with Crippen LogP contribution in [0.25, 0.3) is 0 Å². The number of fused-ring (bicyclic) bond motifs is 2. The second kappa shape index (κ2) is 37.2. The van der Waals surface area contributed by atoms with E-state index in [4.69, 9.17) is 14.2 Å². The van der Waals surface area contributed by atoms with Gasteiger partial charge in [0.1, 0.15) is 0 Å². The fourth-order valence-corrected chi connectivity index (χ4v) is 9.04. The van der Waals surface area contributed by atoms with Gasteiger partial charge in [-0.2, -0.15) is 0 Å². The molecule has 0 radical (unpaired) electrons. The third-order valence-corrected chi connectivity index (χ3v) is 12.8. The summed E-state index contributed by atoms with van der Waals surface area (Å²) in [5, 5.41) is 0. The molecule has 2 heterocycles. The third kappa shape index (κ3) is 27.3. The first kappa shape index (κ1) is 50.0. The van der Waals surface area contributed by atoms with Gasteiger partial charge in [0.25, 0.3) is 0 Å². The number of rotatable bonds is 42. The van der Waals surface area contributed by atoms with Crippen LogP contribution in [0.1, 0.15) is 271 Å². The first-order valence-electron chi connectivity index (χ1n) is 25.2. The smallest absolute Gasteiger partial charge is 0.312 e. The molecular weight excluding hydrogens is 681 g/mol. The van der Waals surface area contributed by atoms with Gasteiger partial charge in [-0.15, -0.1) is 0 Å². The lowest BCUT2D eigenvalue weighted by Gasteiger charge is -2.48. The van der Waals surface area contributed by atoms with Crippen molar-refractivity contribution in [2.75, 3.05) is 13.2 Å². The molecular formula is C50H94O5. The lowest BCUT2D eigenvalue weighted by molar-refractivity contribution is -0.222. The van der Waals surface area contributed by atoms with Gasteiger partial charge in [0.2, 0.25) is 0 Å². The molecule has 0 aromatic carbocycles. The minimum Gasteiger partial charge on any atom is -0.465 e. The van der Waals surface area contributed by atoms with Crippen molar-refractivity contribution in [2.24, 2.45) is 11.8 Å². The maximum atomic E-state index is 13.1. The Labute approximate surface area is 342 Å². The number of ether oxygens (including phenoxy) is 3. The molecule has 2 aliphatic heterocycles. The van der Waals surface area contributed by atoms with Crippen molar-refractivity contribution in [3.05, 3.63) is 0 Å². The molecule has 4 atom stereocenters. The van der Waals surface area contributed by atoms with Crippen LogP contribution in [0.4, 0.5) is 0 Å². The van der Waals surface area contributed by atoms with Gasteiger partial charge >= 0.3 is 11.9 Å². The van der Waals surface area contributed by atoms with Crippen LogP contribution in [-0.4, -0.2) is 37.4 Å². The molecule has 3 rings (SSSR count). The summed E-state index contributed by atoms with van der Waals surface area (Å²) in [5.41, 5.74) is 0. The van der Waals surface area contributed by atoms with Crippen molar-refractivity contribution in [3.63, 3.8) is 0 Å². The number of esters is 2. The normalized spacial score (nSPS) is 19.0. The molecule has 0 N–H and O–H groups in total. The van der Waals surface area contributed by atoms with Gasteiger partial charge in [-0.1, -0.05) is 245 Å². The summed E-state index contributed by atoms with van der Waals surface area (Å²) in [6.07, 6.45) is 52.6. The molecule has 1 aliphatic carbocycles. The molecule has 55 heavy (non-hydrogen) atoms. The van der Waals surface area contributed by atoms with Gasteiger partial charge in [0.15, 0.2) is 0 Å². The fourth-order valence-electron chi connectivity index (χ4n) is 9.04. The van der Waals surface area contributed by atoms with Crippen LogP contribution in [-0.2, 0) is 23.8 Å². The van der Waals surface area contributed by atoms with Crippen LogP contribution in [0, 0.1) is 11.8 Å².